The van der Waals surface area contributed by atoms with Gasteiger partial charge in [-0.2, -0.15) is 0 Å². The fraction of sp³-hybridized carbons (Fsp3) is 0.889. The highest BCUT2D eigenvalue weighted by atomic mass is 16.3. The van der Waals surface area contributed by atoms with E-state index in [-0.39, 0.29) is 6.42 Å². The largest absolute Gasteiger partial charge is 0.389 e. The summed E-state index contributed by atoms with van der Waals surface area (Å²) < 4.78 is 0. The van der Waals surface area contributed by atoms with Gasteiger partial charge in [0.25, 0.3) is 0 Å². The van der Waals surface area contributed by atoms with Gasteiger partial charge in [0.15, 0.2) is 0 Å². The number of carbonyl (C=O) groups is 1. The van der Waals surface area contributed by atoms with Gasteiger partial charge in [0.05, 0.1) is 12.0 Å². The zero-order valence-electron chi connectivity index (χ0n) is 8.13. The smallest absolute Gasteiger partial charge is 0.220 e. The van der Waals surface area contributed by atoms with Crippen LogP contribution in [0.3, 0.4) is 0 Å². The van der Waals surface area contributed by atoms with E-state index in [1.165, 1.54) is 0 Å². The maximum atomic E-state index is 10.6. The first kappa shape index (κ1) is 11.4. The van der Waals surface area contributed by atoms with Crippen molar-refractivity contribution in [3.63, 3.8) is 0 Å². The minimum atomic E-state index is -0.889. The molecule has 0 aliphatic carbocycles. The van der Waals surface area contributed by atoms with E-state index in [1.807, 2.05) is 20.8 Å². The van der Waals surface area contributed by atoms with Gasteiger partial charge in [-0.05, 0) is 18.8 Å². The Bertz CT molecular complexity index is 157. The average Bonchev–Trinajstić information content (AvgIpc) is 1.83. The number of hydrogen-bond donors (Lipinski definition) is 2. The highest BCUT2D eigenvalue weighted by Crippen LogP contribution is 2.23. The lowest BCUT2D eigenvalue weighted by atomic mass is 9.87. The Morgan fingerprint density at radius 2 is 2.08 bits per heavy atom. The molecule has 0 spiro atoms. The van der Waals surface area contributed by atoms with E-state index in [0.29, 0.717) is 18.8 Å². The third-order valence-electron chi connectivity index (χ3n) is 1.95. The van der Waals surface area contributed by atoms with Crippen LogP contribution in [0.4, 0.5) is 0 Å². The van der Waals surface area contributed by atoms with Gasteiger partial charge >= 0.3 is 0 Å². The Kier molecular flexibility index (Phi) is 4.24. The topological polar surface area (TPSA) is 63.3 Å². The summed E-state index contributed by atoms with van der Waals surface area (Å²) in [4.78, 5) is 10.6. The standard InChI is InChI=1S/C9H19NO2/c1-4-9(12,5-7(2)3)6-8(10)11/h7,12H,4-6H2,1-3H3,(H2,10,11). The second-order valence-corrected chi connectivity index (χ2v) is 3.82. The summed E-state index contributed by atoms with van der Waals surface area (Å²) in [5, 5.41) is 9.86. The second-order valence-electron chi connectivity index (χ2n) is 3.82. The van der Waals surface area contributed by atoms with Crippen LogP contribution in [-0.2, 0) is 4.79 Å². The normalized spacial score (nSPS) is 16.1. The molecule has 72 valence electrons. The van der Waals surface area contributed by atoms with Crippen molar-refractivity contribution in [2.75, 3.05) is 0 Å². The third kappa shape index (κ3) is 4.34. The SMILES string of the molecule is CCC(O)(CC(N)=O)CC(C)C. The van der Waals surface area contributed by atoms with Crippen LogP contribution < -0.4 is 5.73 Å². The van der Waals surface area contributed by atoms with Crippen molar-refractivity contribution >= 4 is 5.91 Å². The number of carbonyl (C=O) groups excluding carboxylic acids is 1. The molecule has 0 aromatic carbocycles. The van der Waals surface area contributed by atoms with Gasteiger partial charge in [-0.3, -0.25) is 4.79 Å². The minimum Gasteiger partial charge on any atom is -0.389 e. The molecule has 0 fully saturated rings. The Balaban J connectivity index is 4.13. The molecular formula is C9H19NO2. The van der Waals surface area contributed by atoms with Crippen molar-refractivity contribution in [2.24, 2.45) is 11.7 Å². The molecule has 1 amide bonds. The zero-order valence-corrected chi connectivity index (χ0v) is 8.13. The van der Waals surface area contributed by atoms with E-state index in [9.17, 15) is 9.90 Å². The molecule has 12 heavy (non-hydrogen) atoms. The van der Waals surface area contributed by atoms with Crippen LogP contribution in [0.1, 0.15) is 40.0 Å². The number of aliphatic hydroxyl groups is 1. The Labute approximate surface area is 74.0 Å². The number of primary amides is 1. The molecule has 0 aliphatic heterocycles. The summed E-state index contributed by atoms with van der Waals surface area (Å²) in [5.74, 6) is -0.0469. The van der Waals surface area contributed by atoms with Gasteiger partial charge in [0.1, 0.15) is 0 Å². The van der Waals surface area contributed by atoms with E-state index in [1.54, 1.807) is 0 Å². The minimum absolute atomic E-state index is 0.0711. The lowest BCUT2D eigenvalue weighted by Crippen LogP contribution is -2.35. The zero-order chi connectivity index (χ0) is 9.78. The molecule has 0 heterocycles. The van der Waals surface area contributed by atoms with Crippen molar-refractivity contribution in [1.82, 2.24) is 0 Å². The second kappa shape index (κ2) is 4.45. The number of amides is 1. The van der Waals surface area contributed by atoms with Crippen molar-refractivity contribution in [2.45, 2.75) is 45.6 Å². The van der Waals surface area contributed by atoms with Crippen molar-refractivity contribution in [3.8, 4) is 0 Å². The lowest BCUT2D eigenvalue weighted by Gasteiger charge is -2.27. The first-order chi connectivity index (χ1) is 5.39. The predicted octanol–water partition coefficient (Wildman–Crippen LogP) is 1.05. The van der Waals surface area contributed by atoms with Crippen LogP contribution in [0.2, 0.25) is 0 Å². The molecule has 1 unspecified atom stereocenters. The van der Waals surface area contributed by atoms with Crippen molar-refractivity contribution in [1.29, 1.82) is 0 Å². The Morgan fingerprint density at radius 3 is 2.33 bits per heavy atom. The summed E-state index contributed by atoms with van der Waals surface area (Å²) >= 11 is 0. The predicted molar refractivity (Wildman–Crippen MR) is 48.5 cm³/mol. The quantitative estimate of drug-likeness (QED) is 0.652. The fourth-order valence-corrected chi connectivity index (χ4v) is 1.43. The average molecular weight is 173 g/mol. The molecule has 0 aromatic heterocycles. The summed E-state index contributed by atoms with van der Waals surface area (Å²) in [6, 6.07) is 0. The monoisotopic (exact) mass is 173 g/mol. The van der Waals surface area contributed by atoms with Crippen LogP contribution in [-0.4, -0.2) is 16.6 Å². The fourth-order valence-electron chi connectivity index (χ4n) is 1.43. The summed E-state index contributed by atoms with van der Waals surface area (Å²) in [6.45, 7) is 5.90. The highest BCUT2D eigenvalue weighted by molar-refractivity contribution is 5.74. The van der Waals surface area contributed by atoms with Crippen molar-refractivity contribution < 1.29 is 9.90 Å². The molecule has 1 atom stereocenters. The molecule has 3 nitrogen and oxygen atoms in total. The Hall–Kier alpha value is -0.570. The molecule has 0 aromatic rings. The molecule has 0 saturated carbocycles. The van der Waals surface area contributed by atoms with E-state index in [4.69, 9.17) is 5.73 Å². The maximum absolute atomic E-state index is 10.6. The van der Waals surface area contributed by atoms with Crippen LogP contribution >= 0.6 is 0 Å². The first-order valence-corrected chi connectivity index (χ1v) is 4.40. The van der Waals surface area contributed by atoms with Gasteiger partial charge in [-0.1, -0.05) is 20.8 Å². The summed E-state index contributed by atoms with van der Waals surface area (Å²) in [7, 11) is 0. The first-order valence-electron chi connectivity index (χ1n) is 4.40. The molecule has 3 N–H and O–H groups in total. The van der Waals surface area contributed by atoms with Gasteiger partial charge in [0.2, 0.25) is 5.91 Å². The van der Waals surface area contributed by atoms with E-state index >= 15 is 0 Å². The number of nitrogens with two attached hydrogens (primary N) is 1. The molecule has 0 aliphatic rings. The van der Waals surface area contributed by atoms with E-state index < -0.39 is 11.5 Å². The molecule has 0 rings (SSSR count). The van der Waals surface area contributed by atoms with Crippen LogP contribution in [0, 0.1) is 5.92 Å². The molecule has 0 saturated heterocycles. The highest BCUT2D eigenvalue weighted by Gasteiger charge is 2.27. The maximum Gasteiger partial charge on any atom is 0.220 e. The molecular weight excluding hydrogens is 154 g/mol. The number of hydrogen-bond acceptors (Lipinski definition) is 2. The van der Waals surface area contributed by atoms with E-state index in [2.05, 4.69) is 0 Å². The van der Waals surface area contributed by atoms with Crippen LogP contribution in [0.15, 0.2) is 0 Å². The lowest BCUT2D eigenvalue weighted by molar-refractivity contribution is -0.123. The van der Waals surface area contributed by atoms with E-state index in [0.717, 1.165) is 0 Å². The third-order valence-corrected chi connectivity index (χ3v) is 1.95. The summed E-state index contributed by atoms with van der Waals surface area (Å²) in [5.41, 5.74) is 4.14. The van der Waals surface area contributed by atoms with Gasteiger partial charge < -0.3 is 10.8 Å². The van der Waals surface area contributed by atoms with Gasteiger partial charge in [-0.15, -0.1) is 0 Å². The Morgan fingerprint density at radius 1 is 1.58 bits per heavy atom. The van der Waals surface area contributed by atoms with Gasteiger partial charge in [-0.25, -0.2) is 0 Å². The van der Waals surface area contributed by atoms with Gasteiger partial charge in [0, 0.05) is 0 Å². The molecule has 0 bridgehead atoms. The molecule has 0 radical (unpaired) electrons. The summed E-state index contributed by atoms with van der Waals surface area (Å²) in [6.07, 6.45) is 1.28. The van der Waals surface area contributed by atoms with Crippen molar-refractivity contribution in [3.05, 3.63) is 0 Å². The molecule has 3 heteroatoms. The number of rotatable bonds is 5. The van der Waals surface area contributed by atoms with Crippen LogP contribution in [0.5, 0.6) is 0 Å². The van der Waals surface area contributed by atoms with Crippen LogP contribution in [0.25, 0.3) is 0 Å².